The molecule has 0 radical (unpaired) electrons. The number of benzene rings is 1. The summed E-state index contributed by atoms with van der Waals surface area (Å²) in [7, 11) is 0. The molecule has 1 aromatic rings. The maximum Gasteiger partial charge on any atom is 0.0681 e. The molecular weight excluding hydrogens is 102 g/mol. The first-order valence-electron chi connectivity index (χ1n) is 2.58. The van der Waals surface area contributed by atoms with Gasteiger partial charge in [0, 0.05) is 0 Å². The summed E-state index contributed by atoms with van der Waals surface area (Å²) in [6.45, 7) is 0.140. The number of hydrogen-bond donors (Lipinski definition) is 1. The van der Waals surface area contributed by atoms with Crippen LogP contribution in [0.2, 0.25) is 0 Å². The van der Waals surface area contributed by atoms with Gasteiger partial charge in [0.15, 0.2) is 0 Å². The van der Waals surface area contributed by atoms with Gasteiger partial charge in [-0.1, -0.05) is 30.3 Å². The smallest absolute Gasteiger partial charge is 0.0681 e. The third kappa shape index (κ3) is 1.07. The second-order valence-corrected chi connectivity index (χ2v) is 1.64. The zero-order chi connectivity index (χ0) is 5.82. The molecule has 0 aromatic heterocycles. The molecule has 0 aliphatic carbocycles. The minimum absolute atomic E-state index is 0.140. The van der Waals surface area contributed by atoms with E-state index >= 15 is 0 Å². The van der Waals surface area contributed by atoms with Crippen molar-refractivity contribution >= 4 is 0 Å². The lowest BCUT2D eigenvalue weighted by Crippen LogP contribution is -1.77. The van der Waals surface area contributed by atoms with Crippen LogP contribution in [-0.4, -0.2) is 5.11 Å². The topological polar surface area (TPSA) is 20.2 Å². The summed E-state index contributed by atoms with van der Waals surface area (Å²) in [4.78, 5) is 0. The fraction of sp³-hybridized carbons (Fsp3) is 0.143. The average Bonchev–Trinajstić information content (AvgIpc) is 1.90. The summed E-state index contributed by atoms with van der Waals surface area (Å²) >= 11 is 0. The number of hydrogen-bond acceptors (Lipinski definition) is 1. The molecule has 0 spiro atoms. The Balaban J connectivity index is 2.83. The van der Waals surface area contributed by atoms with Crippen molar-refractivity contribution in [1.82, 2.24) is 0 Å². The average molecular weight is 110 g/mol. The number of aliphatic hydroxyl groups is 1. The van der Waals surface area contributed by atoms with Gasteiger partial charge in [-0.05, 0) is 5.56 Å². The van der Waals surface area contributed by atoms with Gasteiger partial charge in [-0.15, -0.1) is 0 Å². The minimum Gasteiger partial charge on any atom is -0.392 e. The molecule has 1 aromatic carbocycles. The summed E-state index contributed by atoms with van der Waals surface area (Å²) < 4.78 is 0. The summed E-state index contributed by atoms with van der Waals surface area (Å²) in [6.07, 6.45) is 0. The predicted octanol–water partition coefficient (Wildman–Crippen LogP) is 1.18. The van der Waals surface area contributed by atoms with E-state index in [1.807, 2.05) is 30.3 Å². The van der Waals surface area contributed by atoms with Crippen LogP contribution in [-0.2, 0) is 6.61 Å². The Labute approximate surface area is 48.6 Å². The van der Waals surface area contributed by atoms with Crippen LogP contribution >= 0.6 is 0 Å². The molecule has 0 amide bonds. The highest BCUT2D eigenvalue weighted by molar-refractivity contribution is 5.12. The fourth-order valence-corrected chi connectivity index (χ4v) is 0.583. The van der Waals surface area contributed by atoms with Crippen LogP contribution in [0.15, 0.2) is 30.3 Å². The highest BCUT2D eigenvalue weighted by Gasteiger charge is 1.81. The van der Waals surface area contributed by atoms with Crippen molar-refractivity contribution < 1.29 is 5.11 Å². The predicted molar refractivity (Wildman–Crippen MR) is 32.4 cm³/mol. The van der Waals surface area contributed by atoms with Crippen LogP contribution in [0.1, 0.15) is 5.56 Å². The Morgan fingerprint density at radius 1 is 1.12 bits per heavy atom. The van der Waals surface area contributed by atoms with Gasteiger partial charge in [0.05, 0.1) is 6.61 Å². The quantitative estimate of drug-likeness (QED) is 0.538. The van der Waals surface area contributed by atoms with Crippen molar-refractivity contribution in [3.63, 3.8) is 0 Å². The lowest BCUT2D eigenvalue weighted by molar-refractivity contribution is 0.282. The molecule has 0 saturated heterocycles. The van der Waals surface area contributed by atoms with Gasteiger partial charge in [-0.25, -0.2) is 0 Å². The zero-order valence-electron chi connectivity index (χ0n) is 4.54. The maximum atomic E-state index is 8.54. The van der Waals surface area contributed by atoms with Gasteiger partial charge in [0.25, 0.3) is 0 Å². The summed E-state index contributed by atoms with van der Waals surface area (Å²) in [5.74, 6) is 0. The molecule has 0 fully saturated rings. The van der Waals surface area contributed by atoms with E-state index in [4.69, 9.17) is 5.11 Å². The molecule has 0 bridgehead atoms. The Morgan fingerprint density at radius 3 is 2.12 bits per heavy atom. The summed E-state index contributed by atoms with van der Waals surface area (Å²) in [5, 5.41) is 8.54. The Morgan fingerprint density at radius 2 is 1.75 bits per heavy atom. The molecule has 0 atom stereocenters. The molecule has 1 rings (SSSR count). The van der Waals surface area contributed by atoms with E-state index in [1.165, 1.54) is 0 Å². The van der Waals surface area contributed by atoms with E-state index in [-0.39, 0.29) is 6.61 Å². The van der Waals surface area contributed by atoms with Crippen molar-refractivity contribution in [3.8, 4) is 0 Å². The minimum atomic E-state index is 0.140. The highest BCUT2D eigenvalue weighted by Crippen LogP contribution is 1.95. The summed E-state index contributed by atoms with van der Waals surface area (Å²) in [5.41, 5.74) is 0.965. The lowest BCUT2D eigenvalue weighted by atomic mass is 10.2. The molecule has 0 saturated carbocycles. The van der Waals surface area contributed by atoms with Crippen molar-refractivity contribution in [1.29, 1.82) is 0 Å². The second kappa shape index (κ2) is 2.48. The van der Waals surface area contributed by atoms with Gasteiger partial charge < -0.3 is 5.11 Å². The molecule has 0 heterocycles. The van der Waals surface area contributed by atoms with Crippen LogP contribution in [0.5, 0.6) is 0 Å². The normalized spacial score (nSPS) is 9.12. The van der Waals surface area contributed by atoms with E-state index in [1.54, 1.807) is 0 Å². The van der Waals surface area contributed by atoms with E-state index in [0.29, 0.717) is 0 Å². The summed E-state index contributed by atoms with van der Waals surface area (Å²) in [6, 6.07) is 9.52. The molecule has 0 aliphatic rings. The van der Waals surface area contributed by atoms with Crippen molar-refractivity contribution in [2.45, 2.75) is 6.61 Å². The SMILES string of the molecule is [18OH]Cc1ccccc1. The van der Waals surface area contributed by atoms with E-state index in [9.17, 15) is 0 Å². The lowest BCUT2D eigenvalue weighted by Gasteiger charge is -1.89. The van der Waals surface area contributed by atoms with Crippen molar-refractivity contribution in [2.24, 2.45) is 0 Å². The number of aliphatic hydroxyl groups excluding tert-OH is 1. The van der Waals surface area contributed by atoms with E-state index < -0.39 is 0 Å². The Bertz CT molecular complexity index is 146. The fourth-order valence-electron chi connectivity index (χ4n) is 0.583. The Hall–Kier alpha value is -0.820. The van der Waals surface area contributed by atoms with Gasteiger partial charge >= 0.3 is 0 Å². The first kappa shape index (κ1) is 5.32. The van der Waals surface area contributed by atoms with Crippen LogP contribution < -0.4 is 0 Å². The van der Waals surface area contributed by atoms with Gasteiger partial charge in [0.1, 0.15) is 0 Å². The van der Waals surface area contributed by atoms with Crippen LogP contribution in [0.25, 0.3) is 0 Å². The molecule has 8 heavy (non-hydrogen) atoms. The van der Waals surface area contributed by atoms with Crippen LogP contribution in [0.3, 0.4) is 0 Å². The maximum absolute atomic E-state index is 8.54. The van der Waals surface area contributed by atoms with Crippen molar-refractivity contribution in [3.05, 3.63) is 35.9 Å². The molecule has 1 nitrogen and oxygen atoms in total. The number of rotatable bonds is 1. The first-order chi connectivity index (χ1) is 3.93. The molecule has 0 unspecified atom stereocenters. The second-order valence-electron chi connectivity index (χ2n) is 1.64. The van der Waals surface area contributed by atoms with Gasteiger partial charge in [-0.3, -0.25) is 0 Å². The monoisotopic (exact) mass is 110 g/mol. The molecule has 1 N–H and O–H groups in total. The Kier molecular flexibility index (Phi) is 1.65. The van der Waals surface area contributed by atoms with E-state index in [0.717, 1.165) is 5.56 Å². The molecule has 1 heteroatoms. The standard InChI is InChI=1S/C7H8O/c8-6-7-4-2-1-3-5-7/h1-5,8H,6H2/i8+2. The third-order valence-electron chi connectivity index (χ3n) is 1.03. The van der Waals surface area contributed by atoms with Gasteiger partial charge in [-0.2, -0.15) is 0 Å². The molecular formula is C7H8O. The first-order valence-corrected chi connectivity index (χ1v) is 2.58. The largest absolute Gasteiger partial charge is 0.392 e. The van der Waals surface area contributed by atoms with Crippen LogP contribution in [0, 0.1) is 0 Å². The van der Waals surface area contributed by atoms with Gasteiger partial charge in [0.2, 0.25) is 0 Å². The molecule has 0 aliphatic heterocycles. The third-order valence-corrected chi connectivity index (χ3v) is 1.03. The van der Waals surface area contributed by atoms with E-state index in [2.05, 4.69) is 0 Å². The molecule has 42 valence electrons. The van der Waals surface area contributed by atoms with Crippen molar-refractivity contribution in [2.75, 3.05) is 0 Å². The highest BCUT2D eigenvalue weighted by atomic mass is 18.2. The van der Waals surface area contributed by atoms with Crippen LogP contribution in [0.4, 0.5) is 0 Å². The zero-order valence-corrected chi connectivity index (χ0v) is 4.54.